The number of likely N-dealkylation sites (tertiary alicyclic amines) is 1. The molecule has 5 heteroatoms. The molecule has 1 saturated heterocycles. The van der Waals surface area contributed by atoms with Crippen LogP contribution in [0.15, 0.2) is 11.0 Å². The molecule has 1 N–H and O–H groups in total. The van der Waals surface area contributed by atoms with Gasteiger partial charge >= 0.3 is 0 Å². The van der Waals surface area contributed by atoms with E-state index in [-0.39, 0.29) is 10.8 Å². The van der Waals surface area contributed by atoms with Crippen LogP contribution < -0.4 is 5.32 Å². The molecule has 0 aromatic heterocycles. The van der Waals surface area contributed by atoms with Gasteiger partial charge in [-0.05, 0) is 38.1 Å². The minimum atomic E-state index is -0.418. The smallest absolute Gasteiger partial charge is 0.264 e. The Bertz CT molecular complexity index is 390. The van der Waals surface area contributed by atoms with Gasteiger partial charge in [0.05, 0.1) is 4.91 Å². The van der Waals surface area contributed by atoms with Crippen molar-refractivity contribution in [3.05, 3.63) is 11.0 Å². The van der Waals surface area contributed by atoms with Gasteiger partial charge in [-0.2, -0.15) is 0 Å². The van der Waals surface area contributed by atoms with Gasteiger partial charge in [0.15, 0.2) is 0 Å². The molecule has 0 radical (unpaired) electrons. The first-order valence-corrected chi connectivity index (χ1v) is 6.88. The number of carbonyl (C=O) groups is 2. The highest BCUT2D eigenvalue weighted by Gasteiger charge is 2.36. The van der Waals surface area contributed by atoms with E-state index < -0.39 is 5.91 Å². The Hall–Kier alpha value is -0.810. The van der Waals surface area contributed by atoms with Crippen LogP contribution in [-0.2, 0) is 9.59 Å². The Kier molecular flexibility index (Phi) is 4.12. The zero-order chi connectivity index (χ0) is 13.3. The number of amides is 2. The van der Waals surface area contributed by atoms with E-state index in [9.17, 15) is 9.59 Å². The van der Waals surface area contributed by atoms with E-state index in [0.717, 1.165) is 24.0 Å². The fourth-order valence-corrected chi connectivity index (χ4v) is 3.28. The van der Waals surface area contributed by atoms with Crippen LogP contribution in [0.5, 0.6) is 0 Å². The number of fused-ring (bicyclic) bond motifs is 2. The minimum absolute atomic E-state index is 0.176. The second-order valence-corrected chi connectivity index (χ2v) is 5.99. The molecule has 2 fully saturated rings. The molecule has 3 aliphatic rings. The lowest BCUT2D eigenvalue weighted by molar-refractivity contribution is -0.123. The lowest BCUT2D eigenvalue weighted by Crippen LogP contribution is -2.30. The third-order valence-electron chi connectivity index (χ3n) is 4.11. The third-order valence-corrected chi connectivity index (χ3v) is 4.44. The zero-order valence-corrected chi connectivity index (χ0v) is 11.7. The van der Waals surface area contributed by atoms with E-state index in [1.807, 2.05) is 5.32 Å². The van der Waals surface area contributed by atoms with Gasteiger partial charge in [-0.3, -0.25) is 14.9 Å². The van der Waals surface area contributed by atoms with Gasteiger partial charge in [0.1, 0.15) is 0 Å². The summed E-state index contributed by atoms with van der Waals surface area (Å²) >= 11 is 3.67. The number of hydrogen-bond acceptors (Lipinski definition) is 4. The van der Waals surface area contributed by atoms with E-state index in [1.165, 1.54) is 25.8 Å². The largest absolute Gasteiger partial charge is 0.303 e. The van der Waals surface area contributed by atoms with E-state index in [0.29, 0.717) is 0 Å². The van der Waals surface area contributed by atoms with Crippen LogP contribution >= 0.6 is 12.6 Å². The molecule has 1 saturated carbocycles. The standard InChI is InChI=1S/C9H17N.C4H3NO2S/c1-7-3-4-8-5-9(7)10(2)6-8;6-3-1-2(8)4(7)5-3/h7-9H,3-6H2,1-2H3;1H,(H2,5,6,7,8). The number of rotatable bonds is 0. The van der Waals surface area contributed by atoms with Crippen molar-refractivity contribution in [3.8, 4) is 0 Å². The SMILES string of the molecule is CC1CCC2CC1N(C)C2.O=C1C=C(S)C(=O)N1. The minimum Gasteiger partial charge on any atom is -0.303 e. The zero-order valence-electron chi connectivity index (χ0n) is 10.8. The van der Waals surface area contributed by atoms with Crippen LogP contribution in [0.1, 0.15) is 26.2 Å². The van der Waals surface area contributed by atoms with Crippen LogP contribution in [0.3, 0.4) is 0 Å². The summed E-state index contributed by atoms with van der Waals surface area (Å²) in [6.07, 6.45) is 5.59. The average molecular weight is 268 g/mol. The van der Waals surface area contributed by atoms with Crippen molar-refractivity contribution in [3.63, 3.8) is 0 Å². The summed E-state index contributed by atoms with van der Waals surface area (Å²) in [5.74, 6) is 1.20. The van der Waals surface area contributed by atoms with E-state index in [1.54, 1.807) is 0 Å². The first-order valence-electron chi connectivity index (χ1n) is 6.43. The fraction of sp³-hybridized carbons (Fsp3) is 0.692. The third kappa shape index (κ3) is 2.95. The summed E-state index contributed by atoms with van der Waals surface area (Å²) < 4.78 is 0. The first-order chi connectivity index (χ1) is 8.47. The second-order valence-electron chi connectivity index (χ2n) is 5.51. The van der Waals surface area contributed by atoms with Crippen LogP contribution in [0.25, 0.3) is 0 Å². The summed E-state index contributed by atoms with van der Waals surface area (Å²) in [5, 5.41) is 2.02. The maximum absolute atomic E-state index is 10.3. The van der Waals surface area contributed by atoms with Crippen LogP contribution in [0.4, 0.5) is 0 Å². The molecular formula is C13H20N2O2S. The Morgan fingerprint density at radius 3 is 2.56 bits per heavy atom. The summed E-state index contributed by atoms with van der Waals surface area (Å²) in [6, 6.07) is 0.929. The van der Waals surface area contributed by atoms with Crippen LogP contribution in [-0.4, -0.2) is 36.3 Å². The predicted octanol–water partition coefficient (Wildman–Crippen LogP) is 1.19. The molecule has 2 heterocycles. The van der Waals surface area contributed by atoms with Gasteiger partial charge in [0, 0.05) is 18.7 Å². The molecule has 100 valence electrons. The Balaban J connectivity index is 0.000000138. The van der Waals surface area contributed by atoms with E-state index in [4.69, 9.17) is 0 Å². The van der Waals surface area contributed by atoms with Gasteiger partial charge < -0.3 is 4.90 Å². The Labute approximate surface area is 113 Å². The summed E-state index contributed by atoms with van der Waals surface area (Å²) in [7, 11) is 2.28. The fourth-order valence-electron chi connectivity index (χ4n) is 3.11. The van der Waals surface area contributed by atoms with Gasteiger partial charge in [-0.1, -0.05) is 6.92 Å². The van der Waals surface area contributed by atoms with Crippen molar-refractivity contribution in [1.29, 1.82) is 0 Å². The highest BCUT2D eigenvalue weighted by atomic mass is 32.1. The van der Waals surface area contributed by atoms with Crippen molar-refractivity contribution >= 4 is 24.4 Å². The summed E-state index contributed by atoms with van der Waals surface area (Å²) in [6.45, 7) is 3.78. The summed E-state index contributed by atoms with van der Waals surface area (Å²) in [4.78, 5) is 23.2. The van der Waals surface area contributed by atoms with Crippen LogP contribution in [0.2, 0.25) is 0 Å². The maximum Gasteiger partial charge on any atom is 0.264 e. The highest BCUT2D eigenvalue weighted by Crippen LogP contribution is 2.37. The molecule has 3 unspecified atom stereocenters. The molecule has 0 aromatic carbocycles. The molecular weight excluding hydrogens is 248 g/mol. The van der Waals surface area contributed by atoms with Crippen molar-refractivity contribution in [2.24, 2.45) is 11.8 Å². The molecule has 18 heavy (non-hydrogen) atoms. The van der Waals surface area contributed by atoms with Gasteiger partial charge in [0.2, 0.25) is 0 Å². The quantitative estimate of drug-likeness (QED) is 0.512. The van der Waals surface area contributed by atoms with Crippen molar-refractivity contribution in [1.82, 2.24) is 10.2 Å². The molecule has 1 aliphatic carbocycles. The molecule has 4 nitrogen and oxygen atoms in total. The van der Waals surface area contributed by atoms with E-state index in [2.05, 4.69) is 31.5 Å². The molecule has 3 atom stereocenters. The molecule has 0 spiro atoms. The maximum atomic E-state index is 10.3. The number of carbonyl (C=O) groups excluding carboxylic acids is 2. The second kappa shape index (κ2) is 5.45. The first kappa shape index (κ1) is 13.6. The lowest BCUT2D eigenvalue weighted by Gasteiger charge is -2.27. The molecule has 2 bridgehead atoms. The monoisotopic (exact) mass is 268 g/mol. The highest BCUT2D eigenvalue weighted by molar-refractivity contribution is 7.85. The molecule has 0 aromatic rings. The molecule has 2 amide bonds. The van der Waals surface area contributed by atoms with Gasteiger partial charge in [0.25, 0.3) is 11.8 Å². The van der Waals surface area contributed by atoms with Crippen molar-refractivity contribution < 1.29 is 9.59 Å². The normalized spacial score (nSPS) is 34.8. The number of nitrogens with zero attached hydrogens (tertiary/aromatic N) is 1. The Morgan fingerprint density at radius 2 is 2.11 bits per heavy atom. The molecule has 2 aliphatic heterocycles. The number of thiol groups is 1. The number of imide groups is 1. The van der Waals surface area contributed by atoms with Gasteiger partial charge in [-0.25, -0.2) is 0 Å². The number of nitrogens with one attached hydrogen (secondary N) is 1. The number of hydrogen-bond donors (Lipinski definition) is 2. The predicted molar refractivity (Wildman–Crippen MR) is 73.1 cm³/mol. The average Bonchev–Trinajstić information content (AvgIpc) is 2.76. The van der Waals surface area contributed by atoms with E-state index >= 15 is 0 Å². The van der Waals surface area contributed by atoms with Crippen molar-refractivity contribution in [2.75, 3.05) is 13.6 Å². The topological polar surface area (TPSA) is 49.4 Å². The van der Waals surface area contributed by atoms with Gasteiger partial charge in [-0.15, -0.1) is 12.6 Å². The summed E-state index contributed by atoms with van der Waals surface area (Å²) in [5.41, 5.74) is 0. The molecule has 3 rings (SSSR count). The lowest BCUT2D eigenvalue weighted by atomic mass is 9.83. The van der Waals surface area contributed by atoms with Crippen molar-refractivity contribution in [2.45, 2.75) is 32.2 Å². The van der Waals surface area contributed by atoms with Crippen LogP contribution in [0, 0.1) is 11.8 Å². The Morgan fingerprint density at radius 1 is 1.39 bits per heavy atom.